The summed E-state index contributed by atoms with van der Waals surface area (Å²) < 4.78 is 5.17. The van der Waals surface area contributed by atoms with Gasteiger partial charge in [-0.25, -0.2) is 0 Å². The van der Waals surface area contributed by atoms with Crippen molar-refractivity contribution in [3.05, 3.63) is 11.8 Å². The van der Waals surface area contributed by atoms with E-state index in [1.807, 2.05) is 19.9 Å². The SMILES string of the molecule is CCOC(C)=CCCC=N. The van der Waals surface area contributed by atoms with Crippen molar-refractivity contribution in [1.29, 1.82) is 5.41 Å². The van der Waals surface area contributed by atoms with E-state index >= 15 is 0 Å². The highest BCUT2D eigenvalue weighted by molar-refractivity contribution is 5.52. The first-order valence-electron chi connectivity index (χ1n) is 3.59. The zero-order valence-electron chi connectivity index (χ0n) is 6.68. The quantitative estimate of drug-likeness (QED) is 0.356. The molecule has 0 unspecified atom stereocenters. The molecule has 0 aliphatic rings. The van der Waals surface area contributed by atoms with Crippen LogP contribution in [0.5, 0.6) is 0 Å². The molecule has 0 fully saturated rings. The van der Waals surface area contributed by atoms with E-state index in [1.54, 1.807) is 0 Å². The molecule has 0 atom stereocenters. The fraction of sp³-hybridized carbons (Fsp3) is 0.625. The van der Waals surface area contributed by atoms with Crippen LogP contribution in [0, 0.1) is 5.41 Å². The van der Waals surface area contributed by atoms with Crippen LogP contribution in [-0.4, -0.2) is 12.8 Å². The van der Waals surface area contributed by atoms with Crippen LogP contribution in [0.3, 0.4) is 0 Å². The van der Waals surface area contributed by atoms with E-state index in [2.05, 4.69) is 0 Å². The largest absolute Gasteiger partial charge is 0.499 e. The molecule has 10 heavy (non-hydrogen) atoms. The molecule has 0 saturated carbocycles. The highest BCUT2D eigenvalue weighted by Gasteiger charge is 1.84. The number of rotatable bonds is 5. The number of unbranched alkanes of at least 4 members (excludes halogenated alkanes) is 1. The molecule has 0 aromatic heterocycles. The third kappa shape index (κ3) is 5.35. The average molecular weight is 141 g/mol. The number of nitrogens with one attached hydrogen (secondary N) is 1. The van der Waals surface area contributed by atoms with Crippen LogP contribution < -0.4 is 0 Å². The number of hydrogen-bond acceptors (Lipinski definition) is 2. The third-order valence-corrected chi connectivity index (χ3v) is 1.11. The molecular formula is C8H15NO. The molecule has 0 amide bonds. The van der Waals surface area contributed by atoms with Crippen LogP contribution in [-0.2, 0) is 4.74 Å². The van der Waals surface area contributed by atoms with Crippen molar-refractivity contribution < 1.29 is 4.74 Å². The molecule has 0 spiro atoms. The Morgan fingerprint density at radius 1 is 1.50 bits per heavy atom. The molecule has 0 aromatic carbocycles. The molecule has 0 aliphatic carbocycles. The predicted molar refractivity (Wildman–Crippen MR) is 43.4 cm³/mol. The van der Waals surface area contributed by atoms with E-state index in [0.717, 1.165) is 25.2 Å². The van der Waals surface area contributed by atoms with E-state index in [0.29, 0.717) is 0 Å². The average Bonchev–Trinajstić information content (AvgIpc) is 1.89. The number of allylic oxidation sites excluding steroid dienone is 2. The van der Waals surface area contributed by atoms with Crippen LogP contribution in [0.4, 0.5) is 0 Å². The predicted octanol–water partition coefficient (Wildman–Crippen LogP) is 2.36. The Labute approximate surface area is 62.4 Å². The van der Waals surface area contributed by atoms with Crippen molar-refractivity contribution in [2.45, 2.75) is 26.7 Å². The lowest BCUT2D eigenvalue weighted by molar-refractivity contribution is 0.230. The first-order chi connectivity index (χ1) is 4.81. The van der Waals surface area contributed by atoms with Gasteiger partial charge < -0.3 is 10.1 Å². The molecule has 1 N–H and O–H groups in total. The Kier molecular flexibility index (Phi) is 5.83. The summed E-state index contributed by atoms with van der Waals surface area (Å²) in [6, 6.07) is 0. The van der Waals surface area contributed by atoms with Crippen molar-refractivity contribution in [1.82, 2.24) is 0 Å². The molecule has 0 bridgehead atoms. The number of ether oxygens (including phenoxy) is 1. The normalized spacial score (nSPS) is 11.2. The summed E-state index contributed by atoms with van der Waals surface area (Å²) in [5, 5.41) is 6.75. The summed E-state index contributed by atoms with van der Waals surface area (Å²) >= 11 is 0. The van der Waals surface area contributed by atoms with Crippen LogP contribution >= 0.6 is 0 Å². The Morgan fingerprint density at radius 2 is 2.20 bits per heavy atom. The summed E-state index contributed by atoms with van der Waals surface area (Å²) in [6.07, 6.45) is 5.14. The maximum absolute atomic E-state index is 6.75. The van der Waals surface area contributed by atoms with E-state index in [9.17, 15) is 0 Å². The minimum absolute atomic E-state index is 0.729. The third-order valence-electron chi connectivity index (χ3n) is 1.11. The van der Waals surface area contributed by atoms with Crippen molar-refractivity contribution >= 4 is 6.21 Å². The van der Waals surface area contributed by atoms with Gasteiger partial charge in [0.25, 0.3) is 0 Å². The van der Waals surface area contributed by atoms with Gasteiger partial charge in [-0.15, -0.1) is 0 Å². The summed E-state index contributed by atoms with van der Waals surface area (Å²) in [4.78, 5) is 0. The smallest absolute Gasteiger partial charge is 0.0889 e. The molecule has 58 valence electrons. The fourth-order valence-electron chi connectivity index (χ4n) is 0.657. The van der Waals surface area contributed by atoms with E-state index in [-0.39, 0.29) is 0 Å². The second kappa shape index (κ2) is 6.33. The van der Waals surface area contributed by atoms with Gasteiger partial charge in [0.15, 0.2) is 0 Å². The van der Waals surface area contributed by atoms with Gasteiger partial charge in [-0.05, 0) is 39.0 Å². The van der Waals surface area contributed by atoms with Gasteiger partial charge in [0.05, 0.1) is 12.4 Å². The zero-order chi connectivity index (χ0) is 7.82. The molecule has 0 radical (unpaired) electrons. The first kappa shape index (κ1) is 9.21. The lowest BCUT2D eigenvalue weighted by Gasteiger charge is -2.00. The van der Waals surface area contributed by atoms with Crippen molar-refractivity contribution in [2.24, 2.45) is 0 Å². The minimum Gasteiger partial charge on any atom is -0.499 e. The number of hydrogen-bond donors (Lipinski definition) is 1. The molecule has 0 heterocycles. The molecule has 0 rings (SSSR count). The summed E-state index contributed by atoms with van der Waals surface area (Å²) in [5.41, 5.74) is 0. The molecule has 0 aromatic rings. The maximum Gasteiger partial charge on any atom is 0.0889 e. The van der Waals surface area contributed by atoms with E-state index < -0.39 is 0 Å². The van der Waals surface area contributed by atoms with Gasteiger partial charge in [-0.3, -0.25) is 0 Å². The van der Waals surface area contributed by atoms with Crippen molar-refractivity contribution in [2.75, 3.05) is 6.61 Å². The van der Waals surface area contributed by atoms with Crippen LogP contribution in [0.2, 0.25) is 0 Å². The zero-order valence-corrected chi connectivity index (χ0v) is 6.68. The molecule has 2 heteroatoms. The van der Waals surface area contributed by atoms with Gasteiger partial charge in [-0.2, -0.15) is 0 Å². The van der Waals surface area contributed by atoms with Crippen LogP contribution in [0.1, 0.15) is 26.7 Å². The molecule has 0 saturated heterocycles. The second-order valence-electron chi connectivity index (χ2n) is 2.03. The molecule has 0 aliphatic heterocycles. The lowest BCUT2D eigenvalue weighted by atomic mass is 10.3. The summed E-state index contributed by atoms with van der Waals surface area (Å²) in [7, 11) is 0. The topological polar surface area (TPSA) is 33.1 Å². The monoisotopic (exact) mass is 141 g/mol. The van der Waals surface area contributed by atoms with Crippen molar-refractivity contribution in [3.63, 3.8) is 0 Å². The van der Waals surface area contributed by atoms with Crippen molar-refractivity contribution in [3.8, 4) is 0 Å². The fourth-order valence-corrected chi connectivity index (χ4v) is 0.657. The summed E-state index contributed by atoms with van der Waals surface area (Å²) in [5.74, 6) is 0.962. The van der Waals surface area contributed by atoms with Gasteiger partial charge in [-0.1, -0.05) is 0 Å². The second-order valence-corrected chi connectivity index (χ2v) is 2.03. The van der Waals surface area contributed by atoms with Crippen LogP contribution in [0.25, 0.3) is 0 Å². The van der Waals surface area contributed by atoms with Gasteiger partial charge in [0, 0.05) is 0 Å². The van der Waals surface area contributed by atoms with E-state index in [4.69, 9.17) is 10.1 Å². The Morgan fingerprint density at radius 3 is 2.70 bits per heavy atom. The standard InChI is InChI=1S/C8H15NO/c1-3-10-8(2)6-4-5-7-9/h6-7,9H,3-5H2,1-2H3. The first-order valence-corrected chi connectivity index (χ1v) is 3.59. The van der Waals surface area contributed by atoms with E-state index in [1.165, 1.54) is 6.21 Å². The highest BCUT2D eigenvalue weighted by atomic mass is 16.5. The van der Waals surface area contributed by atoms with Gasteiger partial charge in [0.1, 0.15) is 0 Å². The highest BCUT2D eigenvalue weighted by Crippen LogP contribution is 1.98. The lowest BCUT2D eigenvalue weighted by Crippen LogP contribution is -1.86. The molecular weight excluding hydrogens is 126 g/mol. The summed E-state index contributed by atoms with van der Waals surface area (Å²) in [6.45, 7) is 4.63. The Balaban J connectivity index is 3.36. The van der Waals surface area contributed by atoms with Crippen LogP contribution in [0.15, 0.2) is 11.8 Å². The Bertz CT molecular complexity index is 118. The Hall–Kier alpha value is -0.790. The maximum atomic E-state index is 6.75. The van der Waals surface area contributed by atoms with Gasteiger partial charge in [0.2, 0.25) is 0 Å². The molecule has 2 nitrogen and oxygen atoms in total. The minimum atomic E-state index is 0.729. The van der Waals surface area contributed by atoms with Gasteiger partial charge >= 0.3 is 0 Å².